The number of halogens is 1. The number of sulfonamides is 1. The summed E-state index contributed by atoms with van der Waals surface area (Å²) in [6.45, 7) is 6.41. The standard InChI is InChI=1S/C24H32ClN3O4S/c1-5-26-24(30)19(3)27(17-20-9-6-8-18(2)16-20)23(29)10-7-15-28(33(4,31)32)22-13-11-21(25)12-14-22/h6,8-9,11-14,16,19H,5,7,10,15,17H2,1-4H3,(H,26,30)/t19-/m0/s1. The lowest BCUT2D eigenvalue weighted by Crippen LogP contribution is -2.47. The number of hydrogen-bond acceptors (Lipinski definition) is 4. The monoisotopic (exact) mass is 493 g/mol. The van der Waals surface area contributed by atoms with Gasteiger partial charge in [0.15, 0.2) is 0 Å². The summed E-state index contributed by atoms with van der Waals surface area (Å²) in [5.41, 5.74) is 2.48. The number of likely N-dealkylation sites (N-methyl/N-ethyl adjacent to an activating group) is 1. The van der Waals surface area contributed by atoms with Gasteiger partial charge in [-0.25, -0.2) is 8.42 Å². The van der Waals surface area contributed by atoms with Crippen LogP contribution in [0.15, 0.2) is 48.5 Å². The maximum absolute atomic E-state index is 13.2. The minimum atomic E-state index is -3.54. The van der Waals surface area contributed by atoms with Gasteiger partial charge < -0.3 is 10.2 Å². The van der Waals surface area contributed by atoms with Gasteiger partial charge in [0.05, 0.1) is 11.9 Å². The average molecular weight is 494 g/mol. The molecule has 180 valence electrons. The number of nitrogens with one attached hydrogen (secondary N) is 1. The van der Waals surface area contributed by atoms with Crippen LogP contribution in [0.5, 0.6) is 0 Å². The van der Waals surface area contributed by atoms with Crippen molar-refractivity contribution in [1.29, 1.82) is 0 Å². The number of carbonyl (C=O) groups excluding carboxylic acids is 2. The SMILES string of the molecule is CCNC(=O)[C@H](C)N(Cc1cccc(C)c1)C(=O)CCCN(c1ccc(Cl)cc1)S(C)(=O)=O. The van der Waals surface area contributed by atoms with Crippen LogP contribution in [0.25, 0.3) is 0 Å². The van der Waals surface area contributed by atoms with Gasteiger partial charge in [-0.05, 0) is 57.0 Å². The molecule has 1 N–H and O–H groups in total. The van der Waals surface area contributed by atoms with Crippen molar-refractivity contribution in [3.8, 4) is 0 Å². The molecule has 0 heterocycles. The Morgan fingerprint density at radius 3 is 2.36 bits per heavy atom. The van der Waals surface area contributed by atoms with Gasteiger partial charge in [-0.15, -0.1) is 0 Å². The van der Waals surface area contributed by atoms with Crippen LogP contribution in [-0.2, 0) is 26.2 Å². The van der Waals surface area contributed by atoms with Gasteiger partial charge >= 0.3 is 0 Å². The number of carbonyl (C=O) groups is 2. The van der Waals surface area contributed by atoms with Crippen molar-refractivity contribution in [2.45, 2.75) is 46.2 Å². The normalized spacial score (nSPS) is 12.2. The lowest BCUT2D eigenvalue weighted by Gasteiger charge is -2.29. The first-order valence-corrected chi connectivity index (χ1v) is 13.1. The minimum Gasteiger partial charge on any atom is -0.355 e. The number of aryl methyl sites for hydroxylation is 1. The van der Waals surface area contributed by atoms with Crippen LogP contribution >= 0.6 is 11.6 Å². The number of rotatable bonds is 11. The molecule has 9 heteroatoms. The van der Waals surface area contributed by atoms with Crippen molar-refractivity contribution in [2.24, 2.45) is 0 Å². The summed E-state index contributed by atoms with van der Waals surface area (Å²) in [5, 5.41) is 3.27. The van der Waals surface area contributed by atoms with Crippen molar-refractivity contribution in [1.82, 2.24) is 10.2 Å². The van der Waals surface area contributed by atoms with Gasteiger partial charge in [-0.2, -0.15) is 0 Å². The third kappa shape index (κ3) is 8.05. The Labute approximate surface area is 201 Å². The molecule has 0 aliphatic rings. The van der Waals surface area contributed by atoms with Crippen LogP contribution in [0.2, 0.25) is 5.02 Å². The van der Waals surface area contributed by atoms with Crippen LogP contribution in [0, 0.1) is 6.92 Å². The van der Waals surface area contributed by atoms with E-state index in [-0.39, 0.29) is 24.8 Å². The highest BCUT2D eigenvalue weighted by Gasteiger charge is 2.26. The first-order valence-electron chi connectivity index (χ1n) is 10.9. The average Bonchev–Trinajstić information content (AvgIpc) is 2.74. The molecule has 0 bridgehead atoms. The number of anilines is 1. The first-order chi connectivity index (χ1) is 15.5. The van der Waals surface area contributed by atoms with E-state index in [1.165, 1.54) is 4.31 Å². The van der Waals surface area contributed by atoms with Crippen LogP contribution in [0.1, 0.15) is 37.8 Å². The predicted molar refractivity (Wildman–Crippen MR) is 133 cm³/mol. The molecule has 0 aromatic heterocycles. The number of nitrogens with zero attached hydrogens (tertiary/aromatic N) is 2. The maximum atomic E-state index is 13.2. The van der Waals surface area contributed by atoms with Crippen molar-refractivity contribution in [2.75, 3.05) is 23.7 Å². The highest BCUT2D eigenvalue weighted by molar-refractivity contribution is 7.92. The minimum absolute atomic E-state index is 0.106. The van der Waals surface area contributed by atoms with E-state index < -0.39 is 16.1 Å². The fraction of sp³-hybridized carbons (Fsp3) is 0.417. The quantitative estimate of drug-likeness (QED) is 0.516. The molecule has 33 heavy (non-hydrogen) atoms. The largest absolute Gasteiger partial charge is 0.355 e. The zero-order chi connectivity index (χ0) is 24.6. The summed E-state index contributed by atoms with van der Waals surface area (Å²) in [5.74, 6) is -0.433. The second-order valence-electron chi connectivity index (χ2n) is 8.00. The number of benzene rings is 2. The molecule has 0 radical (unpaired) electrons. The lowest BCUT2D eigenvalue weighted by molar-refractivity contribution is -0.140. The van der Waals surface area contributed by atoms with E-state index in [0.29, 0.717) is 30.2 Å². The second kappa shape index (κ2) is 12.0. The highest BCUT2D eigenvalue weighted by Crippen LogP contribution is 2.21. The molecule has 7 nitrogen and oxygen atoms in total. The Morgan fingerprint density at radius 2 is 1.79 bits per heavy atom. The fourth-order valence-electron chi connectivity index (χ4n) is 3.52. The smallest absolute Gasteiger partial charge is 0.242 e. The summed E-state index contributed by atoms with van der Waals surface area (Å²) >= 11 is 5.91. The summed E-state index contributed by atoms with van der Waals surface area (Å²) < 4.78 is 25.9. The number of amides is 2. The molecule has 1 atom stereocenters. The summed E-state index contributed by atoms with van der Waals surface area (Å²) in [4.78, 5) is 27.2. The van der Waals surface area contributed by atoms with E-state index in [9.17, 15) is 18.0 Å². The van der Waals surface area contributed by atoms with Crippen LogP contribution in [0.3, 0.4) is 0 Å². The highest BCUT2D eigenvalue weighted by atomic mass is 35.5. The third-order valence-corrected chi connectivity index (χ3v) is 6.67. The Hall–Kier alpha value is -2.58. The molecule has 2 aromatic carbocycles. The Bertz CT molecular complexity index is 1060. The van der Waals surface area contributed by atoms with Gasteiger partial charge in [0.25, 0.3) is 0 Å². The van der Waals surface area contributed by atoms with Gasteiger partial charge in [0.1, 0.15) is 6.04 Å². The molecule has 0 unspecified atom stereocenters. The molecule has 0 aliphatic carbocycles. The predicted octanol–water partition coefficient (Wildman–Crippen LogP) is 3.75. The molecular formula is C24H32ClN3O4S. The van der Waals surface area contributed by atoms with Crippen molar-refractivity contribution in [3.05, 3.63) is 64.7 Å². The molecule has 0 saturated carbocycles. The maximum Gasteiger partial charge on any atom is 0.242 e. The fourth-order valence-corrected chi connectivity index (χ4v) is 4.61. The Balaban J connectivity index is 2.14. The summed E-state index contributed by atoms with van der Waals surface area (Å²) in [6.07, 6.45) is 1.54. The van der Waals surface area contributed by atoms with E-state index in [1.807, 2.05) is 38.1 Å². The van der Waals surface area contributed by atoms with Crippen LogP contribution in [-0.4, -0.2) is 50.5 Å². The van der Waals surface area contributed by atoms with E-state index in [0.717, 1.165) is 17.4 Å². The molecular weight excluding hydrogens is 462 g/mol. The Morgan fingerprint density at radius 1 is 1.12 bits per heavy atom. The van der Waals surface area contributed by atoms with Gasteiger partial charge in [0.2, 0.25) is 21.8 Å². The Kier molecular flexibility index (Phi) is 9.73. The molecule has 0 saturated heterocycles. The lowest BCUT2D eigenvalue weighted by atomic mass is 10.1. The van der Waals surface area contributed by atoms with Gasteiger partial charge in [-0.1, -0.05) is 41.4 Å². The first kappa shape index (κ1) is 26.7. The molecule has 2 aromatic rings. The molecule has 0 aliphatic heterocycles. The van der Waals surface area contributed by atoms with Gasteiger partial charge in [-0.3, -0.25) is 13.9 Å². The van der Waals surface area contributed by atoms with Gasteiger partial charge in [0, 0.05) is 31.1 Å². The van der Waals surface area contributed by atoms with Crippen molar-refractivity contribution >= 4 is 39.1 Å². The van der Waals surface area contributed by atoms with Crippen LogP contribution in [0.4, 0.5) is 5.69 Å². The number of hydrogen-bond donors (Lipinski definition) is 1. The molecule has 0 spiro atoms. The molecule has 2 rings (SSSR count). The zero-order valence-corrected chi connectivity index (χ0v) is 21.1. The van der Waals surface area contributed by atoms with E-state index in [2.05, 4.69) is 5.32 Å². The zero-order valence-electron chi connectivity index (χ0n) is 19.5. The van der Waals surface area contributed by atoms with Crippen molar-refractivity contribution in [3.63, 3.8) is 0 Å². The van der Waals surface area contributed by atoms with Crippen molar-refractivity contribution < 1.29 is 18.0 Å². The van der Waals surface area contributed by atoms with E-state index >= 15 is 0 Å². The second-order valence-corrected chi connectivity index (χ2v) is 10.3. The van der Waals surface area contributed by atoms with E-state index in [4.69, 9.17) is 11.6 Å². The van der Waals surface area contributed by atoms with Crippen LogP contribution < -0.4 is 9.62 Å². The van der Waals surface area contributed by atoms with E-state index in [1.54, 1.807) is 36.1 Å². The summed E-state index contributed by atoms with van der Waals surface area (Å²) in [7, 11) is -3.54. The third-order valence-electron chi connectivity index (χ3n) is 5.22. The summed E-state index contributed by atoms with van der Waals surface area (Å²) in [6, 6.07) is 13.6. The molecule has 0 fully saturated rings. The topological polar surface area (TPSA) is 86.8 Å². The molecule has 2 amide bonds.